The van der Waals surface area contributed by atoms with Crippen molar-refractivity contribution in [3.8, 4) is 0 Å². The van der Waals surface area contributed by atoms with Gasteiger partial charge in [-0.05, 0) is 43.7 Å². The Morgan fingerprint density at radius 1 is 1.48 bits per heavy atom. The Labute approximate surface area is 125 Å². The normalized spacial score (nSPS) is 28.3. The van der Waals surface area contributed by atoms with Gasteiger partial charge in [0.05, 0.1) is 0 Å². The quantitative estimate of drug-likeness (QED) is 0.882. The summed E-state index contributed by atoms with van der Waals surface area (Å²) in [6.45, 7) is 4.59. The van der Waals surface area contributed by atoms with Gasteiger partial charge in [-0.15, -0.1) is 0 Å². The summed E-state index contributed by atoms with van der Waals surface area (Å²) in [4.78, 5) is 18.4. The van der Waals surface area contributed by atoms with E-state index in [1.165, 1.54) is 12.8 Å². The van der Waals surface area contributed by atoms with Gasteiger partial charge < -0.3 is 16.0 Å². The van der Waals surface area contributed by atoms with Crippen molar-refractivity contribution in [1.29, 1.82) is 0 Å². The van der Waals surface area contributed by atoms with Crippen molar-refractivity contribution in [2.45, 2.75) is 32.2 Å². The minimum absolute atomic E-state index is 0.104. The van der Waals surface area contributed by atoms with Crippen molar-refractivity contribution in [3.63, 3.8) is 0 Å². The number of hydrogen-bond donors (Lipinski definition) is 2. The lowest BCUT2D eigenvalue weighted by atomic mass is 9.78. The maximum Gasteiger partial charge on any atom is 0.269 e. The largest absolute Gasteiger partial charge is 0.371 e. The predicted octanol–water partition coefficient (Wildman–Crippen LogP) is 1.39. The predicted molar refractivity (Wildman–Crippen MR) is 83.3 cm³/mol. The molecule has 2 fully saturated rings. The molecule has 3 atom stereocenters. The van der Waals surface area contributed by atoms with E-state index in [0.717, 1.165) is 25.2 Å². The first-order chi connectivity index (χ1) is 10.2. The summed E-state index contributed by atoms with van der Waals surface area (Å²) in [7, 11) is 0. The number of anilines is 1. The van der Waals surface area contributed by atoms with Crippen LogP contribution in [0.15, 0.2) is 18.3 Å². The first-order valence-corrected chi connectivity index (χ1v) is 7.94. The van der Waals surface area contributed by atoms with E-state index < -0.39 is 0 Å². The fourth-order valence-corrected chi connectivity index (χ4v) is 3.72. The average molecular weight is 288 g/mol. The van der Waals surface area contributed by atoms with Gasteiger partial charge in [0.25, 0.3) is 5.91 Å². The molecule has 1 saturated heterocycles. The first-order valence-electron chi connectivity index (χ1n) is 7.94. The van der Waals surface area contributed by atoms with Crippen LogP contribution in [0.5, 0.6) is 0 Å². The van der Waals surface area contributed by atoms with Crippen LogP contribution in [-0.2, 0) is 0 Å². The summed E-state index contributed by atoms with van der Waals surface area (Å²) in [5, 5.41) is 2.80. The molecule has 3 N–H and O–H groups in total. The molecule has 1 amide bonds. The number of amides is 1. The Morgan fingerprint density at radius 2 is 2.33 bits per heavy atom. The van der Waals surface area contributed by atoms with E-state index in [1.54, 1.807) is 6.20 Å². The molecule has 3 unspecified atom stereocenters. The second-order valence-electron chi connectivity index (χ2n) is 6.18. The smallest absolute Gasteiger partial charge is 0.269 e. The number of nitrogens with zero attached hydrogens (tertiary/aromatic N) is 2. The minimum atomic E-state index is -0.104. The monoisotopic (exact) mass is 288 g/mol. The van der Waals surface area contributed by atoms with Crippen LogP contribution in [0.3, 0.4) is 0 Å². The standard InChI is InChI=1S/C16H24N4O/c1-2-18-16(21)15-8-12(6-7-19-15)20-9-11-4-3-5-14(17)13(11)10-20/h6-8,11,13-14H,2-5,9-10,17H2,1H3,(H,18,21). The van der Waals surface area contributed by atoms with Gasteiger partial charge >= 0.3 is 0 Å². The van der Waals surface area contributed by atoms with Crippen LogP contribution in [0.25, 0.3) is 0 Å². The summed E-state index contributed by atoms with van der Waals surface area (Å²) in [6, 6.07) is 4.22. The van der Waals surface area contributed by atoms with Gasteiger partial charge in [-0.1, -0.05) is 6.42 Å². The van der Waals surface area contributed by atoms with Gasteiger partial charge in [0, 0.05) is 37.6 Å². The molecular formula is C16H24N4O. The van der Waals surface area contributed by atoms with Crippen LogP contribution >= 0.6 is 0 Å². The lowest BCUT2D eigenvalue weighted by Gasteiger charge is -2.29. The molecule has 0 spiro atoms. The molecule has 114 valence electrons. The highest BCUT2D eigenvalue weighted by Crippen LogP contribution is 2.37. The van der Waals surface area contributed by atoms with Crippen LogP contribution in [-0.4, -0.2) is 36.6 Å². The number of fused-ring (bicyclic) bond motifs is 1. The van der Waals surface area contributed by atoms with E-state index in [4.69, 9.17) is 5.73 Å². The number of carbonyl (C=O) groups is 1. The summed E-state index contributed by atoms with van der Waals surface area (Å²) < 4.78 is 0. The molecule has 5 nitrogen and oxygen atoms in total. The summed E-state index contributed by atoms with van der Waals surface area (Å²) in [5.41, 5.74) is 7.86. The molecule has 1 aromatic rings. The van der Waals surface area contributed by atoms with Gasteiger partial charge in [0.15, 0.2) is 0 Å². The number of hydrogen-bond acceptors (Lipinski definition) is 4. The van der Waals surface area contributed by atoms with Gasteiger partial charge in [-0.25, -0.2) is 0 Å². The molecule has 1 saturated carbocycles. The second-order valence-corrected chi connectivity index (χ2v) is 6.18. The molecule has 0 radical (unpaired) electrons. The third-order valence-corrected chi connectivity index (χ3v) is 4.83. The molecular weight excluding hydrogens is 264 g/mol. The number of carbonyl (C=O) groups excluding carboxylic acids is 1. The molecule has 1 aromatic heterocycles. The maximum absolute atomic E-state index is 11.9. The van der Waals surface area contributed by atoms with Crippen LogP contribution < -0.4 is 16.0 Å². The molecule has 1 aliphatic heterocycles. The molecule has 2 aliphatic rings. The SMILES string of the molecule is CCNC(=O)c1cc(N2CC3CCCC(N)C3C2)ccn1. The lowest BCUT2D eigenvalue weighted by molar-refractivity contribution is 0.0951. The van der Waals surface area contributed by atoms with Crippen molar-refractivity contribution in [2.75, 3.05) is 24.5 Å². The fraction of sp³-hybridized carbons (Fsp3) is 0.625. The van der Waals surface area contributed by atoms with E-state index in [9.17, 15) is 4.79 Å². The lowest BCUT2D eigenvalue weighted by Crippen LogP contribution is -2.38. The van der Waals surface area contributed by atoms with E-state index in [2.05, 4.69) is 15.2 Å². The summed E-state index contributed by atoms with van der Waals surface area (Å²) >= 11 is 0. The Kier molecular flexibility index (Phi) is 4.10. The molecule has 5 heteroatoms. The molecule has 1 aliphatic carbocycles. The highest BCUT2D eigenvalue weighted by molar-refractivity contribution is 5.93. The molecule has 21 heavy (non-hydrogen) atoms. The number of nitrogens with one attached hydrogen (secondary N) is 1. The van der Waals surface area contributed by atoms with Crippen molar-refractivity contribution in [2.24, 2.45) is 17.6 Å². The zero-order valence-electron chi connectivity index (χ0n) is 12.6. The number of rotatable bonds is 3. The van der Waals surface area contributed by atoms with Crippen molar-refractivity contribution in [3.05, 3.63) is 24.0 Å². The van der Waals surface area contributed by atoms with Crippen LogP contribution in [0.2, 0.25) is 0 Å². The van der Waals surface area contributed by atoms with Gasteiger partial charge in [-0.3, -0.25) is 9.78 Å². The minimum Gasteiger partial charge on any atom is -0.371 e. The van der Waals surface area contributed by atoms with Crippen molar-refractivity contribution in [1.82, 2.24) is 10.3 Å². The Morgan fingerprint density at radius 3 is 3.10 bits per heavy atom. The Bertz CT molecular complexity index is 519. The van der Waals surface area contributed by atoms with Crippen LogP contribution in [0.4, 0.5) is 5.69 Å². The molecule has 3 rings (SSSR count). The summed E-state index contributed by atoms with van der Waals surface area (Å²) in [5.74, 6) is 1.20. The van der Waals surface area contributed by atoms with E-state index in [1.807, 2.05) is 19.1 Å². The number of nitrogens with two attached hydrogens (primary N) is 1. The van der Waals surface area contributed by atoms with Crippen molar-refractivity contribution < 1.29 is 4.79 Å². The van der Waals surface area contributed by atoms with E-state index in [-0.39, 0.29) is 5.91 Å². The fourth-order valence-electron chi connectivity index (χ4n) is 3.72. The van der Waals surface area contributed by atoms with Crippen LogP contribution in [0, 0.1) is 11.8 Å². The summed E-state index contributed by atoms with van der Waals surface area (Å²) in [6.07, 6.45) is 5.40. The van der Waals surface area contributed by atoms with Gasteiger partial charge in [-0.2, -0.15) is 0 Å². The highest BCUT2D eigenvalue weighted by atomic mass is 16.1. The van der Waals surface area contributed by atoms with Crippen molar-refractivity contribution >= 4 is 11.6 Å². The van der Waals surface area contributed by atoms with E-state index >= 15 is 0 Å². The number of pyridine rings is 1. The topological polar surface area (TPSA) is 71.2 Å². The second kappa shape index (κ2) is 6.02. The first kappa shape index (κ1) is 14.3. The highest BCUT2D eigenvalue weighted by Gasteiger charge is 2.38. The van der Waals surface area contributed by atoms with Gasteiger partial charge in [0.1, 0.15) is 5.69 Å². The average Bonchev–Trinajstić information content (AvgIpc) is 2.93. The maximum atomic E-state index is 11.9. The number of aromatic nitrogens is 1. The zero-order chi connectivity index (χ0) is 14.8. The molecule has 0 aromatic carbocycles. The Balaban J connectivity index is 1.75. The third kappa shape index (κ3) is 2.88. The molecule has 0 bridgehead atoms. The zero-order valence-corrected chi connectivity index (χ0v) is 12.6. The third-order valence-electron chi connectivity index (χ3n) is 4.83. The van der Waals surface area contributed by atoms with Crippen LogP contribution in [0.1, 0.15) is 36.7 Å². The molecule has 2 heterocycles. The Hall–Kier alpha value is -1.62. The van der Waals surface area contributed by atoms with E-state index in [0.29, 0.717) is 30.1 Å². The van der Waals surface area contributed by atoms with Gasteiger partial charge in [0.2, 0.25) is 0 Å².